The van der Waals surface area contributed by atoms with E-state index >= 15 is 0 Å². The number of hydrogen-bond donors (Lipinski definition) is 0. The molecule has 0 bridgehead atoms. The SMILES string of the molecule is COc1ccc(Cl)c2sc(N(CCCn3ccnc3)C(=O)c3ccc(C#N)cc3)nc12. The van der Waals surface area contributed by atoms with Crippen molar-refractivity contribution in [1.82, 2.24) is 14.5 Å². The standard InChI is InChI=1S/C22H18ClN5O2S/c1-30-18-8-7-17(23)20-19(18)26-22(31-20)28(11-2-10-27-12-9-25-14-27)21(29)16-5-3-15(13-24)4-6-16/h3-9,12,14H,2,10-11H2,1H3. The number of imidazole rings is 1. The van der Waals surface area contributed by atoms with E-state index in [0.29, 0.717) is 52.1 Å². The lowest BCUT2D eigenvalue weighted by molar-refractivity contribution is 0.0986. The predicted octanol–water partition coefficient (Wildman–Crippen LogP) is 4.76. The number of nitriles is 1. The monoisotopic (exact) mass is 451 g/mol. The number of benzene rings is 2. The van der Waals surface area contributed by atoms with Crippen molar-refractivity contribution in [3.63, 3.8) is 0 Å². The molecule has 9 heteroatoms. The first-order valence-electron chi connectivity index (χ1n) is 9.51. The molecule has 0 radical (unpaired) electrons. The first-order chi connectivity index (χ1) is 15.1. The molecular weight excluding hydrogens is 434 g/mol. The summed E-state index contributed by atoms with van der Waals surface area (Å²) in [7, 11) is 1.58. The highest BCUT2D eigenvalue weighted by Crippen LogP contribution is 2.39. The number of methoxy groups -OCH3 is 1. The Morgan fingerprint density at radius 2 is 2.10 bits per heavy atom. The molecule has 2 aromatic heterocycles. The van der Waals surface area contributed by atoms with Crippen LogP contribution in [0.5, 0.6) is 5.75 Å². The molecule has 7 nitrogen and oxygen atoms in total. The molecule has 4 aromatic rings. The molecule has 156 valence electrons. The molecule has 2 heterocycles. The fourth-order valence-corrected chi connectivity index (χ4v) is 4.46. The smallest absolute Gasteiger partial charge is 0.260 e. The van der Waals surface area contributed by atoms with Gasteiger partial charge in [0.15, 0.2) is 5.13 Å². The van der Waals surface area contributed by atoms with Crippen molar-refractivity contribution in [2.45, 2.75) is 13.0 Å². The number of fused-ring (bicyclic) bond motifs is 1. The lowest BCUT2D eigenvalue weighted by Crippen LogP contribution is -2.32. The number of carbonyl (C=O) groups is 1. The molecule has 0 N–H and O–H groups in total. The molecular formula is C22H18ClN5O2S. The van der Waals surface area contributed by atoms with Crippen molar-refractivity contribution >= 4 is 44.2 Å². The summed E-state index contributed by atoms with van der Waals surface area (Å²) in [5.41, 5.74) is 1.61. The van der Waals surface area contributed by atoms with E-state index in [-0.39, 0.29) is 5.91 Å². The minimum absolute atomic E-state index is 0.190. The highest BCUT2D eigenvalue weighted by Gasteiger charge is 2.23. The van der Waals surface area contributed by atoms with E-state index in [1.807, 2.05) is 10.8 Å². The number of ether oxygens (including phenoxy) is 1. The Kier molecular flexibility index (Phi) is 6.16. The average molecular weight is 452 g/mol. The maximum absolute atomic E-state index is 13.4. The van der Waals surface area contributed by atoms with Crippen molar-refractivity contribution in [3.8, 4) is 11.8 Å². The Balaban J connectivity index is 1.68. The average Bonchev–Trinajstić information content (AvgIpc) is 3.47. The number of thiazole rings is 1. The second kappa shape index (κ2) is 9.16. The van der Waals surface area contributed by atoms with Crippen LogP contribution in [0.4, 0.5) is 5.13 Å². The summed E-state index contributed by atoms with van der Waals surface area (Å²) < 4.78 is 8.15. The van der Waals surface area contributed by atoms with E-state index in [0.717, 1.165) is 4.70 Å². The summed E-state index contributed by atoms with van der Waals surface area (Å²) in [4.78, 5) is 23.8. The Morgan fingerprint density at radius 3 is 2.77 bits per heavy atom. The van der Waals surface area contributed by atoms with Crippen LogP contribution >= 0.6 is 22.9 Å². The molecule has 0 aliphatic heterocycles. The van der Waals surface area contributed by atoms with Crippen LogP contribution in [0.2, 0.25) is 5.02 Å². The van der Waals surface area contributed by atoms with Gasteiger partial charge in [0.05, 0.1) is 34.8 Å². The van der Waals surface area contributed by atoms with Crippen LogP contribution in [-0.2, 0) is 6.54 Å². The second-order valence-electron chi connectivity index (χ2n) is 6.72. The zero-order valence-corrected chi connectivity index (χ0v) is 18.2. The summed E-state index contributed by atoms with van der Waals surface area (Å²) in [5, 5.41) is 10.1. The normalized spacial score (nSPS) is 10.7. The van der Waals surface area contributed by atoms with Crippen molar-refractivity contribution in [1.29, 1.82) is 5.26 Å². The summed E-state index contributed by atoms with van der Waals surface area (Å²) >= 11 is 7.73. The molecule has 0 spiro atoms. The van der Waals surface area contributed by atoms with E-state index < -0.39 is 0 Å². The number of carbonyl (C=O) groups excluding carboxylic acids is 1. The fourth-order valence-electron chi connectivity index (χ4n) is 3.18. The summed E-state index contributed by atoms with van der Waals surface area (Å²) in [5.74, 6) is 0.412. The van der Waals surface area contributed by atoms with E-state index in [1.165, 1.54) is 11.3 Å². The van der Waals surface area contributed by atoms with Crippen molar-refractivity contribution in [2.75, 3.05) is 18.6 Å². The Labute approximate surface area is 188 Å². The molecule has 4 rings (SSSR count). The number of hydrogen-bond acceptors (Lipinski definition) is 6. The quantitative estimate of drug-likeness (QED) is 0.404. The lowest BCUT2D eigenvalue weighted by Gasteiger charge is -2.20. The van der Waals surface area contributed by atoms with Gasteiger partial charge in [-0.25, -0.2) is 9.97 Å². The molecule has 31 heavy (non-hydrogen) atoms. The van der Waals surface area contributed by atoms with Crippen LogP contribution in [0.15, 0.2) is 55.1 Å². The summed E-state index contributed by atoms with van der Waals surface area (Å²) in [6.07, 6.45) is 6.06. The van der Waals surface area contributed by atoms with E-state index in [4.69, 9.17) is 21.6 Å². The number of halogens is 1. The highest BCUT2D eigenvalue weighted by atomic mass is 35.5. The fraction of sp³-hybridized carbons (Fsp3) is 0.182. The van der Waals surface area contributed by atoms with Gasteiger partial charge in [-0.1, -0.05) is 22.9 Å². The van der Waals surface area contributed by atoms with Gasteiger partial charge in [0.2, 0.25) is 0 Å². The topological polar surface area (TPSA) is 84.0 Å². The van der Waals surface area contributed by atoms with Gasteiger partial charge < -0.3 is 9.30 Å². The largest absolute Gasteiger partial charge is 0.494 e. The van der Waals surface area contributed by atoms with Gasteiger partial charge in [0, 0.05) is 31.0 Å². The van der Waals surface area contributed by atoms with E-state index in [2.05, 4.69) is 16.0 Å². The highest BCUT2D eigenvalue weighted by molar-refractivity contribution is 7.23. The maximum atomic E-state index is 13.4. The molecule has 0 fully saturated rings. The second-order valence-corrected chi connectivity index (χ2v) is 8.11. The number of anilines is 1. The molecule has 2 aromatic carbocycles. The van der Waals surface area contributed by atoms with Crippen molar-refractivity contribution < 1.29 is 9.53 Å². The molecule has 0 aliphatic rings. The Hall–Kier alpha value is -3.41. The maximum Gasteiger partial charge on any atom is 0.260 e. The van der Waals surface area contributed by atoms with Gasteiger partial charge in [0.25, 0.3) is 5.91 Å². The van der Waals surface area contributed by atoms with Crippen LogP contribution in [-0.4, -0.2) is 34.1 Å². The van der Waals surface area contributed by atoms with Crippen LogP contribution in [0.1, 0.15) is 22.3 Å². The molecule has 0 atom stereocenters. The zero-order chi connectivity index (χ0) is 21.8. The number of aromatic nitrogens is 3. The first-order valence-corrected chi connectivity index (χ1v) is 10.7. The van der Waals surface area contributed by atoms with Crippen molar-refractivity contribution in [3.05, 3.63) is 71.3 Å². The third kappa shape index (κ3) is 4.38. The third-order valence-corrected chi connectivity index (χ3v) is 6.30. The molecule has 0 aliphatic carbocycles. The molecule has 0 saturated heterocycles. The van der Waals surface area contributed by atoms with Crippen LogP contribution in [0, 0.1) is 11.3 Å². The number of aryl methyl sites for hydroxylation is 1. The van der Waals surface area contributed by atoms with Crippen LogP contribution < -0.4 is 9.64 Å². The van der Waals surface area contributed by atoms with Crippen LogP contribution in [0.3, 0.4) is 0 Å². The van der Waals surface area contributed by atoms with Gasteiger partial charge in [0.1, 0.15) is 11.3 Å². The van der Waals surface area contributed by atoms with E-state index in [9.17, 15) is 4.79 Å². The van der Waals surface area contributed by atoms with Crippen molar-refractivity contribution in [2.24, 2.45) is 0 Å². The van der Waals surface area contributed by atoms with E-state index in [1.54, 1.807) is 60.9 Å². The summed E-state index contributed by atoms with van der Waals surface area (Å²) in [6, 6.07) is 12.2. The minimum atomic E-state index is -0.190. The number of rotatable bonds is 7. The van der Waals surface area contributed by atoms with Gasteiger partial charge in [-0.05, 0) is 42.8 Å². The third-order valence-electron chi connectivity index (χ3n) is 4.76. The minimum Gasteiger partial charge on any atom is -0.494 e. The first kappa shape index (κ1) is 20.8. The van der Waals surface area contributed by atoms with Crippen LogP contribution in [0.25, 0.3) is 10.2 Å². The van der Waals surface area contributed by atoms with Gasteiger partial charge in [-0.2, -0.15) is 5.26 Å². The molecule has 0 unspecified atom stereocenters. The number of nitrogens with zero attached hydrogens (tertiary/aromatic N) is 5. The van der Waals surface area contributed by atoms with Gasteiger partial charge in [-0.3, -0.25) is 9.69 Å². The predicted molar refractivity (Wildman–Crippen MR) is 121 cm³/mol. The molecule has 1 amide bonds. The zero-order valence-electron chi connectivity index (χ0n) is 16.7. The summed E-state index contributed by atoms with van der Waals surface area (Å²) in [6.45, 7) is 1.17. The molecule has 0 saturated carbocycles. The lowest BCUT2D eigenvalue weighted by atomic mass is 10.1. The Morgan fingerprint density at radius 1 is 1.29 bits per heavy atom. The van der Waals surface area contributed by atoms with Gasteiger partial charge >= 0.3 is 0 Å². The van der Waals surface area contributed by atoms with Gasteiger partial charge in [-0.15, -0.1) is 0 Å². The number of amides is 1. The Bertz CT molecular complexity index is 1250.